The summed E-state index contributed by atoms with van der Waals surface area (Å²) >= 11 is 1.89. The van der Waals surface area contributed by atoms with Crippen molar-refractivity contribution in [2.45, 2.75) is 45.1 Å². The van der Waals surface area contributed by atoms with Gasteiger partial charge in [0, 0.05) is 17.5 Å². The molecule has 2 heteroatoms. The van der Waals surface area contributed by atoms with Gasteiger partial charge in [0.25, 0.3) is 0 Å². The Morgan fingerprint density at radius 3 is 2.86 bits per heavy atom. The average molecular weight is 299 g/mol. The molecule has 0 bridgehead atoms. The summed E-state index contributed by atoms with van der Waals surface area (Å²) in [6, 6.07) is 14.1. The van der Waals surface area contributed by atoms with E-state index in [-0.39, 0.29) is 0 Å². The second-order valence-electron chi connectivity index (χ2n) is 5.97. The fourth-order valence-corrected chi connectivity index (χ4v) is 4.23. The van der Waals surface area contributed by atoms with Gasteiger partial charge in [-0.05, 0) is 61.2 Å². The van der Waals surface area contributed by atoms with E-state index in [2.05, 4.69) is 53.6 Å². The van der Waals surface area contributed by atoms with Crippen LogP contribution in [0.2, 0.25) is 0 Å². The maximum atomic E-state index is 2.72. The molecule has 21 heavy (non-hydrogen) atoms. The van der Waals surface area contributed by atoms with Gasteiger partial charge in [0.05, 0.1) is 0 Å². The molecule has 3 rings (SSSR count). The molecule has 112 valence electrons. The Kier molecular flexibility index (Phi) is 5.10. The minimum atomic E-state index is 0.634. The smallest absolute Gasteiger partial charge is 0.0351 e. The van der Waals surface area contributed by atoms with Crippen LogP contribution in [0.5, 0.6) is 0 Å². The molecule has 0 spiro atoms. The third kappa shape index (κ3) is 3.56. The first-order valence-corrected chi connectivity index (χ1v) is 9.10. The lowest BCUT2D eigenvalue weighted by atomic mass is 9.86. The van der Waals surface area contributed by atoms with Crippen molar-refractivity contribution in [3.63, 3.8) is 0 Å². The van der Waals surface area contributed by atoms with Gasteiger partial charge >= 0.3 is 0 Å². The number of hydrogen-bond acceptors (Lipinski definition) is 2. The summed E-state index contributed by atoms with van der Waals surface area (Å²) in [6.07, 6.45) is 6.35. The van der Waals surface area contributed by atoms with Crippen molar-refractivity contribution < 1.29 is 0 Å². The summed E-state index contributed by atoms with van der Waals surface area (Å²) in [7, 11) is 0. The Bertz CT molecular complexity index is 546. The molecule has 0 saturated heterocycles. The highest BCUT2D eigenvalue weighted by atomic mass is 32.1. The van der Waals surface area contributed by atoms with Gasteiger partial charge in [0.1, 0.15) is 0 Å². The van der Waals surface area contributed by atoms with Gasteiger partial charge in [-0.2, -0.15) is 0 Å². The quantitative estimate of drug-likeness (QED) is 0.719. The van der Waals surface area contributed by atoms with Crippen LogP contribution < -0.4 is 0 Å². The third-order valence-corrected chi connectivity index (χ3v) is 5.45. The van der Waals surface area contributed by atoms with E-state index in [1.165, 1.54) is 50.1 Å². The molecule has 1 heterocycles. The largest absolute Gasteiger partial charge is 0.296 e. The van der Waals surface area contributed by atoms with Gasteiger partial charge < -0.3 is 0 Å². The number of fused-ring (bicyclic) bond motifs is 1. The molecule has 2 aromatic rings. The van der Waals surface area contributed by atoms with Crippen LogP contribution in [0.25, 0.3) is 0 Å². The van der Waals surface area contributed by atoms with Crippen molar-refractivity contribution in [3.8, 4) is 0 Å². The first-order chi connectivity index (χ1) is 10.4. The first-order valence-electron chi connectivity index (χ1n) is 8.22. The molecule has 0 saturated carbocycles. The summed E-state index contributed by atoms with van der Waals surface area (Å²) in [6.45, 7) is 4.70. The van der Waals surface area contributed by atoms with Crippen LogP contribution in [0.4, 0.5) is 0 Å². The van der Waals surface area contributed by atoms with Gasteiger partial charge in [-0.25, -0.2) is 0 Å². The maximum absolute atomic E-state index is 2.72. The molecule has 1 aromatic heterocycles. The first kappa shape index (κ1) is 14.8. The fraction of sp³-hybridized carbons (Fsp3) is 0.474. The third-order valence-electron chi connectivity index (χ3n) is 4.51. The van der Waals surface area contributed by atoms with Crippen LogP contribution in [0.1, 0.15) is 48.2 Å². The monoisotopic (exact) mass is 299 g/mol. The molecule has 1 aromatic carbocycles. The Hall–Kier alpha value is -1.12. The number of thiophene rings is 1. The zero-order valence-corrected chi connectivity index (χ0v) is 13.7. The molecular weight excluding hydrogens is 274 g/mol. The Morgan fingerprint density at radius 1 is 1.14 bits per heavy atom. The van der Waals surface area contributed by atoms with Crippen LogP contribution in [-0.2, 0) is 12.8 Å². The fourth-order valence-electron chi connectivity index (χ4n) is 3.53. The number of nitrogens with zero attached hydrogens (tertiary/aromatic N) is 1. The molecule has 0 fully saturated rings. The lowest BCUT2D eigenvalue weighted by Crippen LogP contribution is -2.33. The highest BCUT2D eigenvalue weighted by Gasteiger charge is 2.24. The molecule has 0 N–H and O–H groups in total. The van der Waals surface area contributed by atoms with Crippen LogP contribution >= 0.6 is 11.3 Å². The van der Waals surface area contributed by atoms with Crippen LogP contribution in [-0.4, -0.2) is 18.0 Å². The summed E-state index contributed by atoms with van der Waals surface area (Å²) in [4.78, 5) is 4.23. The summed E-state index contributed by atoms with van der Waals surface area (Å²) in [5.41, 5.74) is 3.16. The number of hydrogen-bond donors (Lipinski definition) is 0. The van der Waals surface area contributed by atoms with Gasteiger partial charge in [0.15, 0.2) is 0 Å². The van der Waals surface area contributed by atoms with Crippen molar-refractivity contribution in [3.05, 3.63) is 57.8 Å². The predicted molar refractivity (Wildman–Crippen MR) is 92.0 cm³/mol. The highest BCUT2D eigenvalue weighted by molar-refractivity contribution is 7.09. The zero-order valence-electron chi connectivity index (χ0n) is 12.9. The van der Waals surface area contributed by atoms with E-state index in [0.717, 1.165) is 0 Å². The van der Waals surface area contributed by atoms with Gasteiger partial charge in [-0.1, -0.05) is 37.3 Å². The average Bonchev–Trinajstić information content (AvgIpc) is 3.04. The zero-order chi connectivity index (χ0) is 14.5. The highest BCUT2D eigenvalue weighted by Crippen LogP contribution is 2.34. The van der Waals surface area contributed by atoms with Crippen LogP contribution in [0.3, 0.4) is 0 Å². The number of aryl methyl sites for hydroxylation is 1. The number of rotatable bonds is 6. The lowest BCUT2D eigenvalue weighted by molar-refractivity contribution is 0.181. The van der Waals surface area contributed by atoms with Gasteiger partial charge in [0.2, 0.25) is 0 Å². The van der Waals surface area contributed by atoms with Gasteiger partial charge in [-0.15, -0.1) is 11.3 Å². The minimum absolute atomic E-state index is 0.634. The van der Waals surface area contributed by atoms with Crippen molar-refractivity contribution >= 4 is 11.3 Å². The van der Waals surface area contributed by atoms with Crippen molar-refractivity contribution in [2.75, 3.05) is 13.1 Å². The molecule has 1 aliphatic carbocycles. The molecule has 0 radical (unpaired) electrons. The van der Waals surface area contributed by atoms with E-state index in [9.17, 15) is 0 Å². The molecule has 0 aliphatic heterocycles. The summed E-state index contributed by atoms with van der Waals surface area (Å²) < 4.78 is 0. The minimum Gasteiger partial charge on any atom is -0.296 e. The van der Waals surface area contributed by atoms with E-state index in [1.807, 2.05) is 11.3 Å². The molecule has 1 unspecified atom stereocenters. The van der Waals surface area contributed by atoms with E-state index in [0.29, 0.717) is 6.04 Å². The van der Waals surface area contributed by atoms with Gasteiger partial charge in [-0.3, -0.25) is 4.90 Å². The second-order valence-corrected chi connectivity index (χ2v) is 7.00. The lowest BCUT2D eigenvalue weighted by Gasteiger charge is -2.36. The molecule has 0 amide bonds. The molecule has 1 atom stereocenters. The molecular formula is C19H25NS. The Morgan fingerprint density at radius 2 is 2.05 bits per heavy atom. The summed E-state index contributed by atoms with van der Waals surface area (Å²) in [5, 5.41) is 2.19. The van der Waals surface area contributed by atoms with Crippen molar-refractivity contribution in [1.29, 1.82) is 0 Å². The Balaban J connectivity index is 1.74. The normalized spacial score (nSPS) is 17.9. The van der Waals surface area contributed by atoms with E-state index >= 15 is 0 Å². The topological polar surface area (TPSA) is 3.24 Å². The summed E-state index contributed by atoms with van der Waals surface area (Å²) in [5.74, 6) is 0. The predicted octanol–water partition coefficient (Wildman–Crippen LogP) is 5.08. The Labute approximate surface area is 132 Å². The molecule has 1 nitrogen and oxygen atoms in total. The van der Waals surface area contributed by atoms with Crippen molar-refractivity contribution in [2.24, 2.45) is 0 Å². The van der Waals surface area contributed by atoms with Crippen LogP contribution in [0, 0.1) is 0 Å². The van der Waals surface area contributed by atoms with E-state index < -0.39 is 0 Å². The number of benzene rings is 1. The van der Waals surface area contributed by atoms with E-state index in [1.54, 1.807) is 11.1 Å². The standard InChI is InChI=1S/C19H25NS/c1-2-13-20(14-12-17-9-6-15-21-17)19-11-5-8-16-7-3-4-10-18(16)19/h3-4,6-7,9-10,15,19H,2,5,8,11-14H2,1H3. The second kappa shape index (κ2) is 7.24. The van der Waals surface area contributed by atoms with Crippen LogP contribution in [0.15, 0.2) is 41.8 Å². The maximum Gasteiger partial charge on any atom is 0.0351 e. The van der Waals surface area contributed by atoms with Crippen molar-refractivity contribution in [1.82, 2.24) is 4.90 Å². The SMILES string of the molecule is CCCN(CCc1cccs1)C1CCCc2ccccc21. The molecule has 1 aliphatic rings. The van der Waals surface area contributed by atoms with E-state index in [4.69, 9.17) is 0 Å².